The number of rotatable bonds is 4. The minimum atomic E-state index is -0.871. The number of anilines is 1. The van der Waals surface area contributed by atoms with Crippen LogP contribution in [0.15, 0.2) is 36.5 Å². The second-order valence-electron chi connectivity index (χ2n) is 16.5. The molecule has 7 unspecified atom stereocenters. The summed E-state index contributed by atoms with van der Waals surface area (Å²) in [5.74, 6) is 1.66. The predicted octanol–water partition coefficient (Wildman–Crippen LogP) is 9.64. The van der Waals surface area contributed by atoms with Crippen molar-refractivity contribution >= 4 is 33.9 Å². The summed E-state index contributed by atoms with van der Waals surface area (Å²) in [6.45, 7) is 14.8. The van der Waals surface area contributed by atoms with Gasteiger partial charge in [-0.05, 0) is 133 Å². The highest BCUT2D eigenvalue weighted by molar-refractivity contribution is 7.15. The van der Waals surface area contributed by atoms with Crippen molar-refractivity contribution in [3.8, 4) is 0 Å². The highest BCUT2D eigenvalue weighted by Crippen LogP contribution is 2.77. The number of benzene rings is 1. The third kappa shape index (κ3) is 4.04. The van der Waals surface area contributed by atoms with Gasteiger partial charge in [-0.15, -0.1) is 11.3 Å². The number of fused-ring (bicyclic) bond motifs is 7. The lowest BCUT2D eigenvalue weighted by molar-refractivity contribution is -0.221. The Labute approximate surface area is 267 Å². The van der Waals surface area contributed by atoms with Crippen molar-refractivity contribution in [3.05, 3.63) is 52.5 Å². The van der Waals surface area contributed by atoms with Crippen LogP contribution in [-0.2, 0) is 4.79 Å². The van der Waals surface area contributed by atoms with E-state index in [1.165, 1.54) is 43.2 Å². The SMILES string of the molecule is Cc1cnc(NC(=O)C23CCCC2C2CCC4C5(C)CC=C(c6ccc(C(=O)O)cc6)C(C)(C)C5CCC4(C)[C@]2(C)CC3)s1. The van der Waals surface area contributed by atoms with Gasteiger partial charge in [-0.2, -0.15) is 0 Å². The van der Waals surface area contributed by atoms with Crippen LogP contribution in [0.2, 0.25) is 0 Å². The molecular weight excluding hydrogens is 564 g/mol. The van der Waals surface area contributed by atoms with E-state index in [1.54, 1.807) is 23.5 Å². The third-order valence-corrected chi connectivity index (χ3v) is 15.5. The molecule has 5 aliphatic rings. The number of amides is 1. The number of nitrogens with one attached hydrogen (secondary N) is 1. The predicted molar refractivity (Wildman–Crippen MR) is 178 cm³/mol. The number of carboxylic acid groups (broad SMARTS) is 1. The Morgan fingerprint density at radius 3 is 2.32 bits per heavy atom. The van der Waals surface area contributed by atoms with Crippen LogP contribution in [0.25, 0.3) is 5.57 Å². The minimum absolute atomic E-state index is 0.0102. The van der Waals surface area contributed by atoms with Gasteiger partial charge in [0.1, 0.15) is 0 Å². The molecule has 0 saturated heterocycles. The van der Waals surface area contributed by atoms with Crippen molar-refractivity contribution in [2.24, 2.45) is 50.7 Å². The zero-order chi connectivity index (χ0) is 31.3. The number of carbonyl (C=O) groups is 2. The Balaban J connectivity index is 1.18. The summed E-state index contributed by atoms with van der Waals surface area (Å²) in [5.41, 5.74) is 3.38. The lowest BCUT2D eigenvalue weighted by Crippen LogP contribution is -2.65. The van der Waals surface area contributed by atoms with Gasteiger partial charge in [0, 0.05) is 11.1 Å². The molecule has 0 aliphatic heterocycles. The van der Waals surface area contributed by atoms with Crippen molar-refractivity contribution in [2.75, 3.05) is 5.32 Å². The van der Waals surface area contributed by atoms with Gasteiger partial charge in [-0.25, -0.2) is 9.78 Å². The summed E-state index contributed by atoms with van der Waals surface area (Å²) in [7, 11) is 0. The van der Waals surface area contributed by atoms with Gasteiger partial charge in [-0.1, -0.05) is 59.2 Å². The number of carboxylic acids is 1. The molecule has 8 atom stereocenters. The number of hydrogen-bond donors (Lipinski definition) is 2. The van der Waals surface area contributed by atoms with E-state index < -0.39 is 5.97 Å². The van der Waals surface area contributed by atoms with E-state index in [1.807, 2.05) is 25.3 Å². The Morgan fingerprint density at radius 2 is 1.64 bits per heavy atom. The summed E-state index contributed by atoms with van der Waals surface area (Å²) in [6.07, 6.45) is 16.0. The Hall–Kier alpha value is -2.47. The van der Waals surface area contributed by atoms with Crippen LogP contribution in [0.3, 0.4) is 0 Å². The van der Waals surface area contributed by atoms with E-state index in [4.69, 9.17) is 0 Å². The molecule has 1 heterocycles. The Morgan fingerprint density at radius 1 is 0.886 bits per heavy atom. The fourth-order valence-electron chi connectivity index (χ4n) is 12.5. The van der Waals surface area contributed by atoms with Crippen LogP contribution in [0.4, 0.5) is 5.13 Å². The van der Waals surface area contributed by atoms with Crippen molar-refractivity contribution < 1.29 is 14.7 Å². The Bertz CT molecular complexity index is 1520. The molecule has 4 fully saturated rings. The van der Waals surface area contributed by atoms with Gasteiger partial charge >= 0.3 is 5.97 Å². The molecule has 236 valence electrons. The molecule has 1 aromatic carbocycles. The van der Waals surface area contributed by atoms with Crippen molar-refractivity contribution in [2.45, 2.75) is 106 Å². The second-order valence-corrected chi connectivity index (χ2v) is 17.7. The molecule has 0 radical (unpaired) electrons. The molecule has 1 amide bonds. The largest absolute Gasteiger partial charge is 0.478 e. The third-order valence-electron chi connectivity index (χ3n) is 14.7. The van der Waals surface area contributed by atoms with E-state index in [2.05, 4.69) is 51.0 Å². The standard InChI is InChI=1S/C38H50N2O3S/c1-23-22-39-33(44-23)40-32(43)38-17-7-8-28(38)27-13-14-30-35(4)18-15-26(24-9-11-25(12-10-24)31(41)42)34(2,3)29(35)16-19-37(30,6)36(27,5)20-21-38/h9-12,15,22,27-30H,7-8,13-14,16-21H2,1-6H3,(H,41,42)(H,39,40,43)/t27?,28?,29?,30?,35?,36-,37?,38?/m1/s1. The maximum atomic E-state index is 14.1. The lowest BCUT2D eigenvalue weighted by Gasteiger charge is -2.72. The van der Waals surface area contributed by atoms with Crippen LogP contribution in [0.1, 0.15) is 120 Å². The molecule has 0 spiro atoms. The van der Waals surface area contributed by atoms with E-state index in [0.717, 1.165) is 42.1 Å². The van der Waals surface area contributed by atoms with Crippen molar-refractivity contribution in [1.82, 2.24) is 4.98 Å². The molecule has 0 bridgehead atoms. The van der Waals surface area contributed by atoms with E-state index in [9.17, 15) is 14.7 Å². The topological polar surface area (TPSA) is 79.3 Å². The zero-order valence-corrected chi connectivity index (χ0v) is 28.3. The first-order chi connectivity index (χ1) is 20.8. The van der Waals surface area contributed by atoms with Gasteiger partial charge in [0.25, 0.3) is 0 Å². The fraction of sp³-hybridized carbons (Fsp3) is 0.658. The average Bonchev–Trinajstić information content (AvgIpc) is 3.60. The number of aromatic carboxylic acids is 1. The second kappa shape index (κ2) is 10.0. The van der Waals surface area contributed by atoms with Crippen molar-refractivity contribution in [3.63, 3.8) is 0 Å². The van der Waals surface area contributed by atoms with Crippen LogP contribution in [-0.4, -0.2) is 22.0 Å². The molecule has 5 nitrogen and oxygen atoms in total. The molecular formula is C38H50N2O3S. The Kier molecular flexibility index (Phi) is 6.87. The maximum absolute atomic E-state index is 14.1. The van der Waals surface area contributed by atoms with Crippen LogP contribution in [0, 0.1) is 57.7 Å². The smallest absolute Gasteiger partial charge is 0.335 e. The minimum Gasteiger partial charge on any atom is -0.478 e. The van der Waals surface area contributed by atoms with E-state index in [0.29, 0.717) is 29.2 Å². The lowest BCUT2D eigenvalue weighted by atomic mass is 9.32. The quantitative estimate of drug-likeness (QED) is 0.359. The molecule has 4 saturated carbocycles. The fourth-order valence-corrected chi connectivity index (χ4v) is 13.1. The van der Waals surface area contributed by atoms with Gasteiger partial charge in [0.2, 0.25) is 5.91 Å². The molecule has 7 rings (SSSR count). The highest BCUT2D eigenvalue weighted by Gasteiger charge is 2.70. The van der Waals surface area contributed by atoms with Crippen LogP contribution >= 0.6 is 11.3 Å². The summed E-state index contributed by atoms with van der Waals surface area (Å²) < 4.78 is 0. The normalized spacial score (nSPS) is 40.5. The zero-order valence-electron chi connectivity index (χ0n) is 27.5. The first kappa shape index (κ1) is 30.2. The average molecular weight is 615 g/mol. The maximum Gasteiger partial charge on any atom is 0.335 e. The molecule has 44 heavy (non-hydrogen) atoms. The number of hydrogen-bond acceptors (Lipinski definition) is 4. The number of thiazole rings is 1. The first-order valence-electron chi connectivity index (χ1n) is 17.0. The number of aryl methyl sites for hydroxylation is 1. The summed E-state index contributed by atoms with van der Waals surface area (Å²) >= 11 is 1.59. The molecule has 2 N–H and O–H groups in total. The summed E-state index contributed by atoms with van der Waals surface area (Å²) in [6, 6.07) is 7.54. The molecule has 5 aliphatic carbocycles. The van der Waals surface area contributed by atoms with Gasteiger partial charge in [0.15, 0.2) is 5.13 Å². The monoisotopic (exact) mass is 614 g/mol. The van der Waals surface area contributed by atoms with E-state index >= 15 is 0 Å². The van der Waals surface area contributed by atoms with Gasteiger partial charge in [0.05, 0.1) is 11.0 Å². The van der Waals surface area contributed by atoms with Gasteiger partial charge in [-0.3, -0.25) is 4.79 Å². The first-order valence-corrected chi connectivity index (χ1v) is 17.9. The number of nitrogens with zero attached hydrogens (tertiary/aromatic N) is 1. The summed E-state index contributed by atoms with van der Waals surface area (Å²) in [5, 5.41) is 13.5. The van der Waals surface area contributed by atoms with E-state index in [-0.39, 0.29) is 33.0 Å². The summed E-state index contributed by atoms with van der Waals surface area (Å²) in [4.78, 5) is 31.1. The molecule has 1 aromatic heterocycles. The van der Waals surface area contributed by atoms with Crippen LogP contribution < -0.4 is 5.32 Å². The molecule has 6 heteroatoms. The van der Waals surface area contributed by atoms with Crippen LogP contribution in [0.5, 0.6) is 0 Å². The number of allylic oxidation sites excluding steroid dienone is 2. The number of aromatic nitrogens is 1. The van der Waals surface area contributed by atoms with Crippen molar-refractivity contribution in [1.29, 1.82) is 0 Å². The highest BCUT2D eigenvalue weighted by atomic mass is 32.1. The molecule has 2 aromatic rings. The number of carbonyl (C=O) groups excluding carboxylic acids is 1. The van der Waals surface area contributed by atoms with Gasteiger partial charge < -0.3 is 10.4 Å².